The van der Waals surface area contributed by atoms with E-state index in [1.54, 1.807) is 35.7 Å². The van der Waals surface area contributed by atoms with Gasteiger partial charge in [-0.3, -0.25) is 9.52 Å². The molecule has 1 amide bonds. The predicted molar refractivity (Wildman–Crippen MR) is 132 cm³/mol. The third-order valence-electron chi connectivity index (χ3n) is 5.07. The van der Waals surface area contributed by atoms with Crippen LogP contribution in [0.5, 0.6) is 0 Å². The maximum absolute atomic E-state index is 12.5. The van der Waals surface area contributed by atoms with Crippen molar-refractivity contribution in [2.45, 2.75) is 36.8 Å². The molecule has 0 bridgehead atoms. The monoisotopic (exact) mass is 496 g/mol. The molecule has 10 heteroatoms. The Hall–Kier alpha value is -3.50. The maximum atomic E-state index is 12.5. The van der Waals surface area contributed by atoms with Gasteiger partial charge in [0, 0.05) is 18.4 Å². The van der Waals surface area contributed by atoms with Gasteiger partial charge in [0.1, 0.15) is 4.21 Å². The van der Waals surface area contributed by atoms with Gasteiger partial charge in [-0.1, -0.05) is 61.5 Å². The minimum Gasteiger partial charge on any atom is -0.339 e. The van der Waals surface area contributed by atoms with Gasteiger partial charge in [0.25, 0.3) is 10.0 Å². The van der Waals surface area contributed by atoms with E-state index >= 15 is 0 Å². The highest BCUT2D eigenvalue weighted by atomic mass is 32.2. The number of aryl methyl sites for hydroxylation is 1. The van der Waals surface area contributed by atoms with Crippen molar-refractivity contribution < 1.29 is 17.7 Å². The van der Waals surface area contributed by atoms with Crippen LogP contribution in [0.15, 0.2) is 74.8 Å². The molecule has 2 aromatic heterocycles. The zero-order valence-corrected chi connectivity index (χ0v) is 20.3. The normalized spacial score (nSPS) is 11.5. The molecule has 4 aromatic rings. The Bertz CT molecular complexity index is 1360. The van der Waals surface area contributed by atoms with Gasteiger partial charge in [0.2, 0.25) is 17.6 Å². The lowest BCUT2D eigenvalue weighted by molar-refractivity contribution is -0.116. The SMILES string of the molecule is CC(C)c1ccc(-c2noc(CCC(=O)Nc3ccccc3NS(=O)(=O)c3cccs3)n2)cc1. The summed E-state index contributed by atoms with van der Waals surface area (Å²) in [6, 6.07) is 17.8. The van der Waals surface area contributed by atoms with Gasteiger partial charge in [-0.2, -0.15) is 4.98 Å². The summed E-state index contributed by atoms with van der Waals surface area (Å²) in [7, 11) is -3.73. The molecule has 2 heterocycles. The number of hydrogen-bond acceptors (Lipinski definition) is 7. The van der Waals surface area contributed by atoms with Crippen molar-refractivity contribution in [3.63, 3.8) is 0 Å². The predicted octanol–water partition coefficient (Wildman–Crippen LogP) is 5.29. The molecule has 176 valence electrons. The summed E-state index contributed by atoms with van der Waals surface area (Å²) in [5.41, 5.74) is 2.72. The standard InChI is InChI=1S/C24H24N4O4S2/c1-16(2)17-9-11-18(12-10-17)24-26-22(32-27-24)14-13-21(29)25-19-6-3-4-7-20(19)28-34(30,31)23-8-5-15-33-23/h3-12,15-16,28H,13-14H2,1-2H3,(H,25,29). The topological polar surface area (TPSA) is 114 Å². The summed E-state index contributed by atoms with van der Waals surface area (Å²) in [5.74, 6) is 0.956. The van der Waals surface area contributed by atoms with Crippen LogP contribution in [0, 0.1) is 0 Å². The highest BCUT2D eigenvalue weighted by molar-refractivity contribution is 7.94. The van der Waals surface area contributed by atoms with Crippen LogP contribution >= 0.6 is 11.3 Å². The highest BCUT2D eigenvalue weighted by Gasteiger charge is 2.18. The summed E-state index contributed by atoms with van der Waals surface area (Å²) in [6.07, 6.45) is 0.353. The first kappa shape index (κ1) is 23.7. The Morgan fingerprint density at radius 1 is 1.03 bits per heavy atom. The zero-order chi connectivity index (χ0) is 24.1. The van der Waals surface area contributed by atoms with E-state index in [1.165, 1.54) is 11.6 Å². The number of sulfonamides is 1. The second kappa shape index (κ2) is 10.2. The van der Waals surface area contributed by atoms with Crippen molar-refractivity contribution in [3.05, 3.63) is 77.5 Å². The first-order valence-electron chi connectivity index (χ1n) is 10.7. The molecular weight excluding hydrogens is 472 g/mol. The van der Waals surface area contributed by atoms with Crippen molar-refractivity contribution in [1.29, 1.82) is 0 Å². The molecule has 0 saturated carbocycles. The number of para-hydroxylation sites is 2. The summed E-state index contributed by atoms with van der Waals surface area (Å²) in [4.78, 5) is 16.9. The van der Waals surface area contributed by atoms with Crippen LogP contribution in [0.3, 0.4) is 0 Å². The number of thiophene rings is 1. The largest absolute Gasteiger partial charge is 0.339 e. The number of hydrogen-bond donors (Lipinski definition) is 2. The summed E-state index contributed by atoms with van der Waals surface area (Å²) >= 11 is 1.12. The number of rotatable bonds is 9. The molecule has 34 heavy (non-hydrogen) atoms. The lowest BCUT2D eigenvalue weighted by atomic mass is 10.0. The summed E-state index contributed by atoms with van der Waals surface area (Å²) in [5, 5.41) is 8.45. The van der Waals surface area contributed by atoms with Crippen LogP contribution in [0.4, 0.5) is 11.4 Å². The van der Waals surface area contributed by atoms with Crippen LogP contribution < -0.4 is 10.0 Å². The van der Waals surface area contributed by atoms with Crippen molar-refractivity contribution >= 4 is 38.6 Å². The molecule has 0 saturated heterocycles. The van der Waals surface area contributed by atoms with E-state index in [0.717, 1.165) is 16.9 Å². The molecule has 4 rings (SSSR count). The van der Waals surface area contributed by atoms with Crippen molar-refractivity contribution in [1.82, 2.24) is 10.1 Å². The van der Waals surface area contributed by atoms with E-state index in [9.17, 15) is 13.2 Å². The molecule has 0 aliphatic rings. The van der Waals surface area contributed by atoms with Gasteiger partial charge in [-0.05, 0) is 35.1 Å². The Kier molecular flexibility index (Phi) is 7.09. The molecule has 0 fully saturated rings. The van der Waals surface area contributed by atoms with Gasteiger partial charge in [-0.15, -0.1) is 11.3 Å². The number of aromatic nitrogens is 2. The van der Waals surface area contributed by atoms with Gasteiger partial charge >= 0.3 is 0 Å². The molecule has 0 spiro atoms. The number of nitrogens with one attached hydrogen (secondary N) is 2. The van der Waals surface area contributed by atoms with Crippen LogP contribution in [-0.2, 0) is 21.2 Å². The van der Waals surface area contributed by atoms with Crippen molar-refractivity contribution in [3.8, 4) is 11.4 Å². The first-order chi connectivity index (χ1) is 16.3. The van der Waals surface area contributed by atoms with E-state index in [0.29, 0.717) is 23.3 Å². The smallest absolute Gasteiger partial charge is 0.271 e. The molecule has 0 unspecified atom stereocenters. The summed E-state index contributed by atoms with van der Waals surface area (Å²) < 4.78 is 33.1. The Balaban J connectivity index is 1.37. The van der Waals surface area contributed by atoms with Crippen LogP contribution in [0.1, 0.15) is 37.6 Å². The highest BCUT2D eigenvalue weighted by Crippen LogP contribution is 2.26. The second-order valence-corrected chi connectivity index (χ2v) is 10.8. The summed E-state index contributed by atoms with van der Waals surface area (Å²) in [6.45, 7) is 4.26. The fraction of sp³-hybridized carbons (Fsp3) is 0.208. The van der Waals surface area contributed by atoms with Gasteiger partial charge < -0.3 is 9.84 Å². The lowest BCUT2D eigenvalue weighted by Gasteiger charge is -2.12. The quantitative estimate of drug-likeness (QED) is 0.325. The van der Waals surface area contributed by atoms with E-state index in [4.69, 9.17) is 4.52 Å². The maximum Gasteiger partial charge on any atom is 0.271 e. The Labute approximate surface area is 202 Å². The van der Waals surface area contributed by atoms with Crippen LogP contribution in [0.2, 0.25) is 0 Å². The number of amides is 1. The Morgan fingerprint density at radius 3 is 2.44 bits per heavy atom. The number of carbonyl (C=O) groups is 1. The zero-order valence-electron chi connectivity index (χ0n) is 18.7. The second-order valence-electron chi connectivity index (χ2n) is 7.92. The molecule has 0 radical (unpaired) electrons. The number of carbonyl (C=O) groups excluding carboxylic acids is 1. The van der Waals surface area contributed by atoms with Crippen molar-refractivity contribution in [2.24, 2.45) is 0 Å². The van der Waals surface area contributed by atoms with Crippen LogP contribution in [0.25, 0.3) is 11.4 Å². The molecule has 0 aliphatic heterocycles. The van der Waals surface area contributed by atoms with Gasteiger partial charge in [0.05, 0.1) is 11.4 Å². The molecule has 0 aliphatic carbocycles. The van der Waals surface area contributed by atoms with E-state index in [1.807, 2.05) is 24.3 Å². The van der Waals surface area contributed by atoms with Gasteiger partial charge in [0.15, 0.2) is 0 Å². The van der Waals surface area contributed by atoms with E-state index < -0.39 is 10.0 Å². The number of benzene rings is 2. The average Bonchev–Trinajstić information content (AvgIpc) is 3.52. The lowest BCUT2D eigenvalue weighted by Crippen LogP contribution is -2.16. The Morgan fingerprint density at radius 2 is 1.76 bits per heavy atom. The third-order valence-corrected chi connectivity index (χ3v) is 7.84. The molecule has 0 atom stereocenters. The fourth-order valence-corrected chi connectivity index (χ4v) is 5.29. The average molecular weight is 497 g/mol. The van der Waals surface area contributed by atoms with E-state index in [2.05, 4.69) is 34.0 Å². The first-order valence-corrected chi connectivity index (χ1v) is 13.1. The third kappa shape index (κ3) is 5.70. The minimum atomic E-state index is -3.73. The van der Waals surface area contributed by atoms with Gasteiger partial charge in [-0.25, -0.2) is 8.42 Å². The van der Waals surface area contributed by atoms with Crippen LogP contribution in [-0.4, -0.2) is 24.5 Å². The molecule has 8 nitrogen and oxygen atoms in total. The number of nitrogens with zero attached hydrogens (tertiary/aromatic N) is 2. The molecular formula is C24H24N4O4S2. The molecule has 2 N–H and O–H groups in total. The van der Waals surface area contributed by atoms with E-state index in [-0.39, 0.29) is 28.6 Å². The fourth-order valence-electron chi connectivity index (χ4n) is 3.22. The minimum absolute atomic E-state index is 0.0972. The van der Waals surface area contributed by atoms with Crippen molar-refractivity contribution in [2.75, 3.05) is 10.0 Å². The molecule has 2 aromatic carbocycles. The number of anilines is 2.